The van der Waals surface area contributed by atoms with Gasteiger partial charge in [0.2, 0.25) is 0 Å². The Labute approximate surface area is 212 Å². The highest BCUT2D eigenvalue weighted by Crippen LogP contribution is 2.32. The number of piperidine rings is 1. The average Bonchev–Trinajstić information content (AvgIpc) is 3.69. The number of rotatable bonds is 5. The summed E-state index contributed by atoms with van der Waals surface area (Å²) in [5.41, 5.74) is 6.31. The number of aromatic amines is 2. The summed E-state index contributed by atoms with van der Waals surface area (Å²) >= 11 is 0. The molecule has 1 saturated heterocycles. The summed E-state index contributed by atoms with van der Waals surface area (Å²) in [6, 6.07) is 17.2. The second-order valence-corrected chi connectivity index (χ2v) is 9.65. The van der Waals surface area contributed by atoms with Crippen LogP contribution in [0.1, 0.15) is 30.0 Å². The zero-order valence-electron chi connectivity index (χ0n) is 20.1. The molecule has 2 aromatic carbocycles. The number of H-pyrrole nitrogens is 2. The number of likely N-dealkylation sites (tertiary alicyclic amines) is 1. The molecule has 6 aromatic rings. The van der Waals surface area contributed by atoms with Gasteiger partial charge >= 0.3 is 0 Å². The summed E-state index contributed by atoms with van der Waals surface area (Å²) in [6.07, 6.45) is 7.81. The fourth-order valence-corrected chi connectivity index (χ4v) is 5.42. The van der Waals surface area contributed by atoms with E-state index in [2.05, 4.69) is 41.4 Å². The van der Waals surface area contributed by atoms with Crippen LogP contribution in [0.3, 0.4) is 0 Å². The van der Waals surface area contributed by atoms with Crippen LogP contribution in [0.15, 0.2) is 73.2 Å². The lowest BCUT2D eigenvalue weighted by molar-refractivity contribution is 0.196. The summed E-state index contributed by atoms with van der Waals surface area (Å²) in [5, 5.41) is 18.8. The molecule has 7 rings (SSSR count). The van der Waals surface area contributed by atoms with Crippen molar-refractivity contribution in [3.8, 4) is 16.9 Å². The van der Waals surface area contributed by atoms with E-state index in [1.54, 1.807) is 12.3 Å². The first-order chi connectivity index (χ1) is 18.2. The summed E-state index contributed by atoms with van der Waals surface area (Å²) in [4.78, 5) is 9.88. The number of hydrogen-bond acceptors (Lipinski definition) is 5. The maximum atomic E-state index is 14.2. The largest absolute Gasteiger partial charge is 0.346 e. The van der Waals surface area contributed by atoms with Gasteiger partial charge in [-0.1, -0.05) is 23.4 Å². The van der Waals surface area contributed by atoms with Crippen LogP contribution in [0.5, 0.6) is 0 Å². The lowest BCUT2D eigenvalue weighted by Gasteiger charge is -2.31. The highest BCUT2D eigenvalue weighted by molar-refractivity contribution is 6.02. The van der Waals surface area contributed by atoms with Crippen LogP contribution in [0.25, 0.3) is 38.9 Å². The SMILES string of the molecule is Fc1ccccc1CN1CCC[C@@H](c2cn(-c3ccc4[nH]nc(-c5ccnc6[nH]ccc56)c4c3)nn2)C1. The van der Waals surface area contributed by atoms with E-state index < -0.39 is 0 Å². The van der Waals surface area contributed by atoms with Gasteiger partial charge in [-0.05, 0) is 55.8 Å². The first-order valence-electron chi connectivity index (χ1n) is 12.5. The molecule has 4 aromatic heterocycles. The molecule has 0 amide bonds. The van der Waals surface area contributed by atoms with Gasteiger partial charge in [-0.25, -0.2) is 14.1 Å². The molecule has 5 heterocycles. The quantitative estimate of drug-likeness (QED) is 0.345. The van der Waals surface area contributed by atoms with E-state index in [4.69, 9.17) is 0 Å². The second-order valence-electron chi connectivity index (χ2n) is 9.65. The predicted octanol–water partition coefficient (Wildman–Crippen LogP) is 5.21. The van der Waals surface area contributed by atoms with E-state index in [0.717, 1.165) is 76.1 Å². The van der Waals surface area contributed by atoms with Crippen LogP contribution in [0.2, 0.25) is 0 Å². The number of aromatic nitrogens is 7. The number of benzene rings is 2. The molecule has 2 N–H and O–H groups in total. The topological polar surface area (TPSA) is 91.3 Å². The summed E-state index contributed by atoms with van der Waals surface area (Å²) in [6.45, 7) is 2.41. The molecule has 0 radical (unpaired) electrons. The van der Waals surface area contributed by atoms with Gasteiger partial charge in [-0.3, -0.25) is 10.00 Å². The number of pyridine rings is 1. The van der Waals surface area contributed by atoms with Crippen molar-refractivity contribution in [2.75, 3.05) is 13.1 Å². The van der Waals surface area contributed by atoms with Crippen molar-refractivity contribution >= 4 is 21.9 Å². The van der Waals surface area contributed by atoms with Crippen LogP contribution in [0.4, 0.5) is 4.39 Å². The van der Waals surface area contributed by atoms with Gasteiger partial charge in [-0.15, -0.1) is 5.10 Å². The zero-order chi connectivity index (χ0) is 24.8. The Balaban J connectivity index is 1.16. The first-order valence-corrected chi connectivity index (χ1v) is 12.5. The number of nitrogens with one attached hydrogen (secondary N) is 2. The van der Waals surface area contributed by atoms with E-state index >= 15 is 0 Å². The predicted molar refractivity (Wildman–Crippen MR) is 140 cm³/mol. The minimum absolute atomic E-state index is 0.145. The van der Waals surface area contributed by atoms with Gasteiger partial charge in [0, 0.05) is 53.3 Å². The van der Waals surface area contributed by atoms with Crippen molar-refractivity contribution in [3.05, 3.63) is 90.3 Å². The van der Waals surface area contributed by atoms with E-state index in [0.29, 0.717) is 6.54 Å². The van der Waals surface area contributed by atoms with Crippen LogP contribution >= 0.6 is 0 Å². The Morgan fingerprint density at radius 1 is 1.05 bits per heavy atom. The minimum atomic E-state index is -0.145. The number of nitrogens with zero attached hydrogens (tertiary/aromatic N) is 6. The van der Waals surface area contributed by atoms with E-state index in [1.165, 1.54) is 6.07 Å². The van der Waals surface area contributed by atoms with Crippen LogP contribution in [-0.4, -0.2) is 53.1 Å². The molecule has 9 heteroatoms. The third kappa shape index (κ3) is 3.97. The monoisotopic (exact) mass is 492 g/mol. The smallest absolute Gasteiger partial charge is 0.137 e. The molecule has 1 atom stereocenters. The van der Waals surface area contributed by atoms with E-state index in [-0.39, 0.29) is 11.7 Å². The third-order valence-electron chi connectivity index (χ3n) is 7.31. The molecule has 8 nitrogen and oxygen atoms in total. The average molecular weight is 493 g/mol. The molecule has 0 aliphatic carbocycles. The van der Waals surface area contributed by atoms with Gasteiger partial charge in [0.1, 0.15) is 17.2 Å². The molecule has 37 heavy (non-hydrogen) atoms. The number of hydrogen-bond donors (Lipinski definition) is 2. The molecule has 1 aliphatic heterocycles. The van der Waals surface area contributed by atoms with Crippen LogP contribution in [-0.2, 0) is 6.54 Å². The lowest BCUT2D eigenvalue weighted by atomic mass is 9.95. The standard InChI is InChI=1S/C28H25FN8/c29-24-6-2-1-4-18(24)15-36-13-3-5-19(16-36)26-17-37(35-33-26)20-7-8-25-23(14-20)27(34-32-25)21-9-11-30-28-22(21)10-12-31-28/h1-2,4,6-12,14,17,19H,3,5,13,15-16H2,(H,30,31)(H,32,34)/t19-/m1/s1. The van der Waals surface area contributed by atoms with Crippen LogP contribution in [0, 0.1) is 5.82 Å². The van der Waals surface area contributed by atoms with Gasteiger partial charge < -0.3 is 4.98 Å². The van der Waals surface area contributed by atoms with Gasteiger partial charge in [-0.2, -0.15) is 5.10 Å². The zero-order valence-corrected chi connectivity index (χ0v) is 20.1. The first kappa shape index (κ1) is 21.9. The molecular weight excluding hydrogens is 467 g/mol. The molecular formula is C28H25FN8. The van der Waals surface area contributed by atoms with Crippen molar-refractivity contribution in [1.29, 1.82) is 0 Å². The fraction of sp³-hybridized carbons (Fsp3) is 0.214. The van der Waals surface area contributed by atoms with Crippen molar-refractivity contribution in [2.45, 2.75) is 25.3 Å². The highest BCUT2D eigenvalue weighted by Gasteiger charge is 2.24. The Morgan fingerprint density at radius 2 is 2.00 bits per heavy atom. The van der Waals surface area contributed by atoms with E-state index in [1.807, 2.05) is 53.5 Å². The lowest BCUT2D eigenvalue weighted by Crippen LogP contribution is -2.34. The molecule has 0 bridgehead atoms. The van der Waals surface area contributed by atoms with Gasteiger partial charge in [0.25, 0.3) is 0 Å². The summed E-state index contributed by atoms with van der Waals surface area (Å²) in [7, 11) is 0. The molecule has 0 unspecified atom stereocenters. The van der Waals surface area contributed by atoms with Crippen molar-refractivity contribution in [2.24, 2.45) is 0 Å². The Kier molecular flexibility index (Phi) is 5.28. The van der Waals surface area contributed by atoms with Crippen molar-refractivity contribution in [1.82, 2.24) is 40.1 Å². The minimum Gasteiger partial charge on any atom is -0.346 e. The third-order valence-corrected chi connectivity index (χ3v) is 7.31. The number of halogens is 1. The maximum Gasteiger partial charge on any atom is 0.137 e. The highest BCUT2D eigenvalue weighted by atomic mass is 19.1. The molecule has 1 fully saturated rings. The normalized spacial score (nSPS) is 16.6. The van der Waals surface area contributed by atoms with Crippen molar-refractivity contribution in [3.63, 3.8) is 0 Å². The second kappa shape index (κ2) is 8.94. The maximum absolute atomic E-state index is 14.2. The molecule has 0 spiro atoms. The van der Waals surface area contributed by atoms with Crippen molar-refractivity contribution < 1.29 is 4.39 Å². The Morgan fingerprint density at radius 3 is 2.95 bits per heavy atom. The van der Waals surface area contributed by atoms with Crippen LogP contribution < -0.4 is 0 Å². The Bertz CT molecular complexity index is 1710. The molecule has 1 aliphatic rings. The van der Waals surface area contributed by atoms with E-state index in [9.17, 15) is 4.39 Å². The fourth-order valence-electron chi connectivity index (χ4n) is 5.42. The Hall–Kier alpha value is -4.37. The van der Waals surface area contributed by atoms with Gasteiger partial charge in [0.05, 0.1) is 23.1 Å². The summed E-state index contributed by atoms with van der Waals surface area (Å²) < 4.78 is 16.0. The molecule has 184 valence electrons. The number of fused-ring (bicyclic) bond motifs is 2. The van der Waals surface area contributed by atoms with Gasteiger partial charge in [0.15, 0.2) is 0 Å². The summed E-state index contributed by atoms with van der Waals surface area (Å²) in [5.74, 6) is 0.120. The molecule has 0 saturated carbocycles.